The highest BCUT2D eigenvalue weighted by atomic mass is 15.0. The summed E-state index contributed by atoms with van der Waals surface area (Å²) in [7, 11) is 0. The van der Waals surface area contributed by atoms with Gasteiger partial charge in [0.1, 0.15) is 11.3 Å². The molecular formula is C40H26N4. The Morgan fingerprint density at radius 3 is 1.23 bits per heavy atom. The molecule has 0 aliphatic heterocycles. The monoisotopic (exact) mass is 562 g/mol. The molecule has 206 valence electrons. The zero-order valence-corrected chi connectivity index (χ0v) is 23.9. The number of rotatable bonds is 3. The molecule has 0 amide bonds. The molecule has 4 aromatic heterocycles. The lowest BCUT2D eigenvalue weighted by Crippen LogP contribution is -1.91. The first-order valence-electron chi connectivity index (χ1n) is 15.2. The summed E-state index contributed by atoms with van der Waals surface area (Å²) >= 11 is 0. The zero-order valence-electron chi connectivity index (χ0n) is 23.9. The van der Waals surface area contributed by atoms with Crippen molar-refractivity contribution in [2.45, 2.75) is 12.8 Å². The van der Waals surface area contributed by atoms with Crippen LogP contribution in [0.15, 0.2) is 134 Å². The number of aryl methyl sites for hydroxylation is 2. The van der Waals surface area contributed by atoms with Crippen molar-refractivity contribution in [2.75, 3.05) is 0 Å². The second-order valence-electron chi connectivity index (χ2n) is 11.8. The number of fused-ring (bicyclic) bond motifs is 16. The van der Waals surface area contributed by atoms with Gasteiger partial charge in [0, 0.05) is 33.9 Å². The van der Waals surface area contributed by atoms with Crippen molar-refractivity contribution in [3.8, 4) is 0 Å². The maximum absolute atomic E-state index is 5.20. The van der Waals surface area contributed by atoms with Gasteiger partial charge in [-0.1, -0.05) is 109 Å². The number of hydrogen-bond donors (Lipinski definition) is 0. The van der Waals surface area contributed by atoms with Gasteiger partial charge in [0.15, 0.2) is 0 Å². The standard InChI is InChI=1S/C40H26N4/c1-3-11-29-25(9-1)17-21-35-37(29)31-13-5-7-15-33(31)39-41-27(23-43(35)39)19-20-28-24-44-36-22-18-26-10-2-4-12-30(26)38(36)32-14-6-8-16-34(32)40(44)42-28/h1-18,21-24H,19-20H2. The van der Waals surface area contributed by atoms with Crippen molar-refractivity contribution in [1.29, 1.82) is 0 Å². The van der Waals surface area contributed by atoms with Gasteiger partial charge in [-0.2, -0.15) is 0 Å². The number of aromatic nitrogens is 4. The molecule has 4 heterocycles. The summed E-state index contributed by atoms with van der Waals surface area (Å²) in [5.74, 6) is 0. The van der Waals surface area contributed by atoms with Gasteiger partial charge in [0.2, 0.25) is 0 Å². The van der Waals surface area contributed by atoms with Crippen LogP contribution in [0, 0.1) is 0 Å². The van der Waals surface area contributed by atoms with E-state index in [0.29, 0.717) is 0 Å². The van der Waals surface area contributed by atoms with E-state index in [9.17, 15) is 0 Å². The van der Waals surface area contributed by atoms with Gasteiger partial charge < -0.3 is 0 Å². The Kier molecular flexibility index (Phi) is 4.80. The highest BCUT2D eigenvalue weighted by molar-refractivity contribution is 6.23. The number of imidazole rings is 2. The Morgan fingerprint density at radius 1 is 0.386 bits per heavy atom. The predicted octanol–water partition coefficient (Wildman–Crippen LogP) is 9.69. The van der Waals surface area contributed by atoms with Gasteiger partial charge >= 0.3 is 0 Å². The summed E-state index contributed by atoms with van der Waals surface area (Å²) in [5.41, 5.74) is 6.56. The van der Waals surface area contributed by atoms with Crippen LogP contribution < -0.4 is 0 Å². The molecule has 0 bridgehead atoms. The molecule has 0 aliphatic carbocycles. The highest BCUT2D eigenvalue weighted by Crippen LogP contribution is 2.36. The van der Waals surface area contributed by atoms with Gasteiger partial charge in [-0.25, -0.2) is 9.97 Å². The molecule has 0 unspecified atom stereocenters. The van der Waals surface area contributed by atoms with Gasteiger partial charge in [0.25, 0.3) is 0 Å². The predicted molar refractivity (Wildman–Crippen MR) is 183 cm³/mol. The molecule has 4 heteroatoms. The van der Waals surface area contributed by atoms with Gasteiger partial charge in [0.05, 0.1) is 22.4 Å². The smallest absolute Gasteiger partial charge is 0.145 e. The Morgan fingerprint density at radius 2 is 0.773 bits per heavy atom. The van der Waals surface area contributed by atoms with E-state index in [-0.39, 0.29) is 0 Å². The van der Waals surface area contributed by atoms with Gasteiger partial charge in [-0.15, -0.1) is 0 Å². The van der Waals surface area contributed by atoms with Gasteiger partial charge in [-0.3, -0.25) is 8.80 Å². The Bertz CT molecular complexity index is 2590. The lowest BCUT2D eigenvalue weighted by atomic mass is 10.00. The molecule has 0 aliphatic rings. The average Bonchev–Trinajstić information content (AvgIpc) is 3.72. The van der Waals surface area contributed by atoms with Crippen molar-refractivity contribution in [1.82, 2.24) is 18.8 Å². The lowest BCUT2D eigenvalue weighted by molar-refractivity contribution is 0.901. The quantitative estimate of drug-likeness (QED) is 0.201. The van der Waals surface area contributed by atoms with E-state index in [0.717, 1.165) is 35.5 Å². The van der Waals surface area contributed by atoms with Crippen LogP contribution in [-0.2, 0) is 12.8 Å². The van der Waals surface area contributed by atoms with Crippen molar-refractivity contribution in [3.63, 3.8) is 0 Å². The van der Waals surface area contributed by atoms with E-state index in [4.69, 9.17) is 9.97 Å². The van der Waals surface area contributed by atoms with E-state index < -0.39 is 0 Å². The van der Waals surface area contributed by atoms with Crippen LogP contribution in [0.25, 0.3) is 76.2 Å². The molecule has 0 atom stereocenters. The summed E-state index contributed by atoms with van der Waals surface area (Å²) in [6, 6.07) is 43.6. The molecule has 0 fully saturated rings. The number of nitrogens with zero attached hydrogens (tertiary/aromatic N) is 4. The minimum atomic E-state index is 0.813. The Balaban J connectivity index is 1.12. The maximum Gasteiger partial charge on any atom is 0.145 e. The Labute approximate surface area is 252 Å². The molecule has 44 heavy (non-hydrogen) atoms. The minimum Gasteiger partial charge on any atom is -0.299 e. The van der Waals surface area contributed by atoms with Crippen LogP contribution >= 0.6 is 0 Å². The molecular weight excluding hydrogens is 536 g/mol. The molecule has 10 aromatic rings. The third kappa shape index (κ3) is 3.28. The van der Waals surface area contributed by atoms with Crippen LogP contribution in [0.5, 0.6) is 0 Å². The van der Waals surface area contributed by atoms with E-state index in [1.165, 1.54) is 64.9 Å². The van der Waals surface area contributed by atoms with Crippen LogP contribution in [-0.4, -0.2) is 18.8 Å². The molecule has 0 radical (unpaired) electrons. The van der Waals surface area contributed by atoms with Crippen molar-refractivity contribution in [2.24, 2.45) is 0 Å². The fourth-order valence-electron chi connectivity index (χ4n) is 7.38. The largest absolute Gasteiger partial charge is 0.299 e. The zero-order chi connectivity index (χ0) is 28.8. The van der Waals surface area contributed by atoms with Crippen LogP contribution in [0.4, 0.5) is 0 Å². The van der Waals surface area contributed by atoms with Crippen molar-refractivity contribution >= 4 is 76.2 Å². The highest BCUT2D eigenvalue weighted by Gasteiger charge is 2.16. The minimum absolute atomic E-state index is 0.813. The normalized spacial score (nSPS) is 12.3. The lowest BCUT2D eigenvalue weighted by Gasteiger charge is -2.10. The van der Waals surface area contributed by atoms with E-state index in [1.807, 2.05) is 0 Å². The Hall–Kier alpha value is -5.74. The second-order valence-corrected chi connectivity index (χ2v) is 11.8. The topological polar surface area (TPSA) is 34.6 Å². The molecule has 0 saturated carbocycles. The van der Waals surface area contributed by atoms with Gasteiger partial charge in [-0.05, 0) is 57.3 Å². The number of hydrogen-bond acceptors (Lipinski definition) is 2. The molecule has 0 spiro atoms. The summed E-state index contributed by atoms with van der Waals surface area (Å²) < 4.78 is 4.57. The van der Waals surface area contributed by atoms with Crippen molar-refractivity contribution in [3.05, 3.63) is 145 Å². The molecule has 6 aromatic carbocycles. The first-order chi connectivity index (χ1) is 21.8. The number of pyridine rings is 2. The first-order valence-corrected chi connectivity index (χ1v) is 15.2. The molecule has 4 nitrogen and oxygen atoms in total. The molecule has 0 N–H and O–H groups in total. The van der Waals surface area contributed by atoms with E-state index >= 15 is 0 Å². The summed E-state index contributed by atoms with van der Waals surface area (Å²) in [6.07, 6.45) is 6.08. The number of benzene rings is 6. The fourth-order valence-corrected chi connectivity index (χ4v) is 7.38. The third-order valence-electron chi connectivity index (χ3n) is 9.36. The first kappa shape index (κ1) is 23.8. The summed E-state index contributed by atoms with van der Waals surface area (Å²) in [4.78, 5) is 10.4. The molecule has 10 rings (SSSR count). The third-order valence-corrected chi connectivity index (χ3v) is 9.36. The average molecular weight is 563 g/mol. The van der Waals surface area contributed by atoms with Crippen molar-refractivity contribution < 1.29 is 0 Å². The van der Waals surface area contributed by atoms with Crippen LogP contribution in [0.1, 0.15) is 11.4 Å². The van der Waals surface area contributed by atoms with Crippen LogP contribution in [0.3, 0.4) is 0 Å². The summed E-state index contributed by atoms with van der Waals surface area (Å²) in [6.45, 7) is 0. The van der Waals surface area contributed by atoms with E-state index in [2.05, 4.69) is 143 Å². The maximum atomic E-state index is 5.20. The second kappa shape index (κ2) is 8.88. The van der Waals surface area contributed by atoms with E-state index in [1.54, 1.807) is 0 Å². The fraction of sp³-hybridized carbons (Fsp3) is 0.0500. The molecule has 0 saturated heterocycles. The van der Waals surface area contributed by atoms with Crippen LogP contribution in [0.2, 0.25) is 0 Å². The SMILES string of the molecule is c1ccc2c(c1)ccc1c2c2ccccc2c2nc(CCc3cn4c5ccc6ccccc6c5c5ccccc5c4n3)cn12. The summed E-state index contributed by atoms with van der Waals surface area (Å²) in [5, 5.41) is 12.5.